The molecule has 116 valence electrons. The molecule has 0 saturated heterocycles. The Morgan fingerprint density at radius 1 is 0.667 bits per heavy atom. The summed E-state index contributed by atoms with van der Waals surface area (Å²) in [5.41, 5.74) is 2.23. The van der Waals surface area contributed by atoms with Crippen molar-refractivity contribution in [2.75, 3.05) is 14.2 Å². The molecular weight excluding hydrogens is 347 g/mol. The molecule has 0 spiro atoms. The molecule has 5 heteroatoms. The maximum Gasteiger partial charge on any atom is 0.118 e. The van der Waals surface area contributed by atoms with E-state index in [0.717, 1.165) is 22.6 Å². The van der Waals surface area contributed by atoms with Gasteiger partial charge in [-0.1, -0.05) is 24.3 Å². The van der Waals surface area contributed by atoms with Crippen LogP contribution in [0.15, 0.2) is 48.5 Å². The van der Waals surface area contributed by atoms with E-state index >= 15 is 0 Å². The standard InChI is InChI=1S/C16H18O2S2.Ni/c1-17-13-7-3-11(4-8-13)15(19)16(20)12-5-9-14(18-2)10-6-12;/h3-10,15-16,19-20H,1-2H3;. The van der Waals surface area contributed by atoms with Gasteiger partial charge >= 0.3 is 0 Å². The van der Waals surface area contributed by atoms with Gasteiger partial charge in [0.1, 0.15) is 11.5 Å². The van der Waals surface area contributed by atoms with Crippen LogP contribution < -0.4 is 9.47 Å². The van der Waals surface area contributed by atoms with Crippen LogP contribution in [-0.4, -0.2) is 14.2 Å². The summed E-state index contributed by atoms with van der Waals surface area (Å²) in [6.07, 6.45) is 0. The second-order valence-electron chi connectivity index (χ2n) is 4.44. The molecule has 2 unspecified atom stereocenters. The Hall–Kier alpha value is -0.766. The first-order valence-corrected chi connectivity index (χ1v) is 7.33. The van der Waals surface area contributed by atoms with E-state index in [1.807, 2.05) is 48.5 Å². The van der Waals surface area contributed by atoms with Crippen LogP contribution in [0.4, 0.5) is 0 Å². The van der Waals surface area contributed by atoms with Crippen molar-refractivity contribution in [3.8, 4) is 11.5 Å². The van der Waals surface area contributed by atoms with E-state index < -0.39 is 0 Å². The normalized spacial score (nSPS) is 13.0. The van der Waals surface area contributed by atoms with E-state index in [1.165, 1.54) is 0 Å². The number of ether oxygens (including phenoxy) is 2. The minimum atomic E-state index is 0. The Bertz CT molecular complexity index is 492. The van der Waals surface area contributed by atoms with Crippen molar-refractivity contribution in [1.82, 2.24) is 0 Å². The summed E-state index contributed by atoms with van der Waals surface area (Å²) in [6, 6.07) is 15.8. The zero-order chi connectivity index (χ0) is 14.5. The fraction of sp³-hybridized carbons (Fsp3) is 0.250. The van der Waals surface area contributed by atoms with E-state index in [2.05, 4.69) is 25.3 Å². The Kier molecular flexibility index (Phi) is 7.51. The summed E-state index contributed by atoms with van der Waals surface area (Å²) in [6.45, 7) is 0. The van der Waals surface area contributed by atoms with Crippen molar-refractivity contribution >= 4 is 25.3 Å². The third-order valence-electron chi connectivity index (χ3n) is 3.21. The van der Waals surface area contributed by atoms with Gasteiger partial charge in [0.25, 0.3) is 0 Å². The fourth-order valence-electron chi connectivity index (χ4n) is 1.97. The van der Waals surface area contributed by atoms with Gasteiger partial charge in [0.05, 0.1) is 14.2 Å². The van der Waals surface area contributed by atoms with E-state index in [9.17, 15) is 0 Å². The summed E-state index contributed by atoms with van der Waals surface area (Å²) >= 11 is 9.38. The first-order valence-electron chi connectivity index (χ1n) is 6.29. The number of methoxy groups -OCH3 is 2. The van der Waals surface area contributed by atoms with Crippen LogP contribution in [-0.2, 0) is 16.5 Å². The SMILES string of the molecule is COc1ccc(C(S)C(S)c2ccc(OC)cc2)cc1.[Ni]. The first-order chi connectivity index (χ1) is 9.65. The molecular formula is C16H18NiO2S2. The van der Waals surface area contributed by atoms with Gasteiger partial charge in [0, 0.05) is 27.0 Å². The number of hydrogen-bond acceptors (Lipinski definition) is 4. The van der Waals surface area contributed by atoms with Gasteiger partial charge < -0.3 is 9.47 Å². The van der Waals surface area contributed by atoms with Crippen LogP contribution in [0.1, 0.15) is 21.6 Å². The molecule has 2 nitrogen and oxygen atoms in total. The predicted octanol–water partition coefficient (Wildman–Crippen LogP) is 4.34. The minimum absolute atomic E-state index is 0. The van der Waals surface area contributed by atoms with Gasteiger partial charge in [0.15, 0.2) is 0 Å². The van der Waals surface area contributed by atoms with E-state index in [1.54, 1.807) is 14.2 Å². The summed E-state index contributed by atoms with van der Waals surface area (Å²) in [5.74, 6) is 1.68. The topological polar surface area (TPSA) is 18.5 Å². The zero-order valence-corrected chi connectivity index (χ0v) is 14.6. The molecule has 0 aliphatic carbocycles. The van der Waals surface area contributed by atoms with Gasteiger partial charge in [-0.15, -0.1) is 0 Å². The molecule has 0 amide bonds. The fourth-order valence-corrected chi connectivity index (χ4v) is 2.66. The molecule has 0 N–H and O–H groups in total. The average molecular weight is 365 g/mol. The van der Waals surface area contributed by atoms with Crippen molar-refractivity contribution in [2.24, 2.45) is 0 Å². The van der Waals surface area contributed by atoms with Crippen LogP contribution in [0.2, 0.25) is 0 Å². The monoisotopic (exact) mass is 364 g/mol. The Morgan fingerprint density at radius 3 is 1.19 bits per heavy atom. The van der Waals surface area contributed by atoms with Crippen molar-refractivity contribution in [3.63, 3.8) is 0 Å². The average Bonchev–Trinajstić information content (AvgIpc) is 2.53. The van der Waals surface area contributed by atoms with Gasteiger partial charge in [-0.25, -0.2) is 0 Å². The molecule has 0 heterocycles. The van der Waals surface area contributed by atoms with Crippen LogP contribution in [0.25, 0.3) is 0 Å². The summed E-state index contributed by atoms with van der Waals surface area (Å²) < 4.78 is 10.3. The largest absolute Gasteiger partial charge is 0.497 e. The molecule has 0 bridgehead atoms. The van der Waals surface area contributed by atoms with Crippen molar-refractivity contribution in [2.45, 2.75) is 10.5 Å². The second kappa shape index (κ2) is 8.62. The second-order valence-corrected chi connectivity index (χ2v) is 5.55. The molecule has 21 heavy (non-hydrogen) atoms. The van der Waals surface area contributed by atoms with E-state index in [0.29, 0.717) is 0 Å². The van der Waals surface area contributed by atoms with Gasteiger partial charge in [-0.3, -0.25) is 0 Å². The molecule has 2 aromatic carbocycles. The maximum atomic E-state index is 5.16. The number of benzene rings is 2. The molecule has 2 atom stereocenters. The molecule has 0 saturated carbocycles. The molecule has 0 aliphatic heterocycles. The quantitative estimate of drug-likeness (QED) is 0.607. The van der Waals surface area contributed by atoms with Crippen LogP contribution in [0.3, 0.4) is 0 Å². The minimum Gasteiger partial charge on any atom is -0.497 e. The van der Waals surface area contributed by atoms with Gasteiger partial charge in [0.2, 0.25) is 0 Å². The summed E-state index contributed by atoms with van der Waals surface area (Å²) in [5, 5.41) is 0.0234. The van der Waals surface area contributed by atoms with Crippen LogP contribution in [0, 0.1) is 0 Å². The van der Waals surface area contributed by atoms with Gasteiger partial charge in [-0.2, -0.15) is 25.3 Å². The van der Waals surface area contributed by atoms with Crippen molar-refractivity contribution < 1.29 is 26.0 Å². The van der Waals surface area contributed by atoms with Crippen LogP contribution in [0.5, 0.6) is 11.5 Å². The molecule has 2 rings (SSSR count). The number of rotatable bonds is 5. The predicted molar refractivity (Wildman–Crippen MR) is 89.4 cm³/mol. The summed E-state index contributed by atoms with van der Waals surface area (Å²) in [7, 11) is 3.32. The molecule has 0 aliphatic rings. The van der Waals surface area contributed by atoms with Gasteiger partial charge in [-0.05, 0) is 35.4 Å². The Balaban J connectivity index is 0.00000220. The first kappa shape index (κ1) is 18.3. The molecule has 0 aromatic heterocycles. The van der Waals surface area contributed by atoms with Crippen LogP contribution >= 0.6 is 25.3 Å². The number of thiol groups is 2. The molecule has 2 aromatic rings. The van der Waals surface area contributed by atoms with Crippen molar-refractivity contribution in [3.05, 3.63) is 59.7 Å². The Labute approximate surface area is 147 Å². The van der Waals surface area contributed by atoms with Crippen molar-refractivity contribution in [1.29, 1.82) is 0 Å². The van der Waals surface area contributed by atoms with E-state index in [-0.39, 0.29) is 27.0 Å². The number of hydrogen-bond donors (Lipinski definition) is 2. The third kappa shape index (κ3) is 4.60. The molecule has 0 radical (unpaired) electrons. The summed E-state index contributed by atoms with van der Waals surface area (Å²) in [4.78, 5) is 0. The molecule has 0 fully saturated rings. The Morgan fingerprint density at radius 2 is 0.952 bits per heavy atom. The maximum absolute atomic E-state index is 5.16. The van der Waals surface area contributed by atoms with E-state index in [4.69, 9.17) is 9.47 Å². The smallest absolute Gasteiger partial charge is 0.118 e. The third-order valence-corrected chi connectivity index (χ3v) is 4.64. The zero-order valence-electron chi connectivity index (χ0n) is 11.8.